The van der Waals surface area contributed by atoms with Crippen molar-refractivity contribution >= 4 is 24.8 Å². The fourth-order valence-electron chi connectivity index (χ4n) is 3.23. The van der Waals surface area contributed by atoms with Crippen LogP contribution in [0.1, 0.15) is 28.3 Å². The number of hydrogen-bond acceptors (Lipinski definition) is 6. The van der Waals surface area contributed by atoms with Gasteiger partial charge >= 0.3 is 13.1 Å². The Balaban J connectivity index is 1.73. The Bertz CT molecular complexity index is 642. The lowest BCUT2D eigenvalue weighted by atomic mass is 9.77. The first-order valence-corrected chi connectivity index (χ1v) is 8.19. The van der Waals surface area contributed by atoms with Gasteiger partial charge in [-0.1, -0.05) is 6.07 Å². The molecule has 0 spiro atoms. The van der Waals surface area contributed by atoms with Gasteiger partial charge in [0.15, 0.2) is 0 Å². The van der Waals surface area contributed by atoms with Crippen molar-refractivity contribution in [3.8, 4) is 5.75 Å². The second-order valence-electron chi connectivity index (χ2n) is 6.03. The van der Waals surface area contributed by atoms with E-state index >= 15 is 0 Å². The fraction of sp³-hybridized carbons (Fsp3) is 0.500. The lowest BCUT2D eigenvalue weighted by Crippen LogP contribution is -2.31. The number of aromatic carboxylic acids is 1. The van der Waals surface area contributed by atoms with Crippen molar-refractivity contribution in [1.29, 1.82) is 0 Å². The van der Waals surface area contributed by atoms with Crippen LogP contribution in [0.4, 0.5) is 0 Å². The number of carboxylic acids is 1. The van der Waals surface area contributed by atoms with E-state index in [1.807, 2.05) is 12.1 Å². The predicted molar refractivity (Wildman–Crippen MR) is 81.5 cm³/mol. The van der Waals surface area contributed by atoms with Gasteiger partial charge in [-0.2, -0.15) is 0 Å². The normalized spacial score (nSPS) is 32.2. The SMILES string of the molecule is NC1COCC1Sc1ccc2c(c1C(=O)O)OB(O)C1CC21. The molecule has 22 heavy (non-hydrogen) atoms. The molecule has 1 saturated carbocycles. The quantitative estimate of drug-likeness (QED) is 0.712. The molecule has 3 aliphatic rings. The van der Waals surface area contributed by atoms with Crippen molar-refractivity contribution in [1.82, 2.24) is 0 Å². The van der Waals surface area contributed by atoms with E-state index in [0.29, 0.717) is 23.9 Å². The number of fused-ring (bicyclic) bond motifs is 3. The number of nitrogens with two attached hydrogens (primary N) is 1. The monoisotopic (exact) mass is 321 g/mol. The molecule has 0 aromatic heterocycles. The largest absolute Gasteiger partial charge is 0.535 e. The Labute approximate surface area is 132 Å². The van der Waals surface area contributed by atoms with Gasteiger partial charge in [0.2, 0.25) is 0 Å². The summed E-state index contributed by atoms with van der Waals surface area (Å²) >= 11 is 1.41. The highest BCUT2D eigenvalue weighted by Crippen LogP contribution is 2.60. The first-order chi connectivity index (χ1) is 10.6. The van der Waals surface area contributed by atoms with Crippen LogP contribution in [0.15, 0.2) is 17.0 Å². The zero-order valence-corrected chi connectivity index (χ0v) is 12.6. The van der Waals surface area contributed by atoms with E-state index in [-0.39, 0.29) is 28.6 Å². The van der Waals surface area contributed by atoms with Gasteiger partial charge in [-0.3, -0.25) is 0 Å². The zero-order valence-electron chi connectivity index (χ0n) is 11.8. The van der Waals surface area contributed by atoms with Crippen LogP contribution >= 0.6 is 11.8 Å². The van der Waals surface area contributed by atoms with E-state index in [0.717, 1.165) is 12.0 Å². The van der Waals surface area contributed by atoms with Crippen LogP contribution in [-0.2, 0) is 4.74 Å². The van der Waals surface area contributed by atoms with E-state index in [4.69, 9.17) is 15.1 Å². The maximum absolute atomic E-state index is 11.7. The van der Waals surface area contributed by atoms with E-state index in [9.17, 15) is 14.9 Å². The number of carboxylic acid groups (broad SMARTS) is 1. The first-order valence-electron chi connectivity index (χ1n) is 7.31. The smallest absolute Gasteiger partial charge is 0.526 e. The molecule has 2 fully saturated rings. The van der Waals surface area contributed by atoms with Crippen LogP contribution in [0, 0.1) is 0 Å². The molecule has 1 aromatic rings. The number of hydrogen-bond donors (Lipinski definition) is 3. The van der Waals surface area contributed by atoms with Crippen molar-refractivity contribution in [3.05, 3.63) is 23.3 Å². The molecule has 116 valence electrons. The molecule has 2 aliphatic heterocycles. The summed E-state index contributed by atoms with van der Waals surface area (Å²) in [4.78, 5) is 12.4. The third-order valence-electron chi connectivity index (χ3n) is 4.56. The molecule has 6 nitrogen and oxygen atoms in total. The molecule has 1 saturated heterocycles. The Morgan fingerprint density at radius 2 is 2.23 bits per heavy atom. The number of rotatable bonds is 3. The van der Waals surface area contributed by atoms with E-state index in [2.05, 4.69) is 0 Å². The average molecular weight is 321 g/mol. The summed E-state index contributed by atoms with van der Waals surface area (Å²) in [6.45, 7) is 1.00. The van der Waals surface area contributed by atoms with Crippen LogP contribution in [-0.4, -0.2) is 47.7 Å². The summed E-state index contributed by atoms with van der Waals surface area (Å²) in [5, 5.41) is 19.6. The molecule has 8 heteroatoms. The maximum atomic E-state index is 11.7. The number of carbonyl (C=O) groups is 1. The standard InChI is InChI=1S/C14H16BNO5S/c16-9-4-20-5-11(9)22-10-2-1-6-7-3-8(7)15(19)21-13(6)12(10)14(17)18/h1-2,7-9,11,19H,3-5,16H2,(H,17,18). The van der Waals surface area contributed by atoms with E-state index < -0.39 is 13.1 Å². The number of thioether (sulfide) groups is 1. The van der Waals surface area contributed by atoms with Crippen LogP contribution in [0.25, 0.3) is 0 Å². The molecule has 4 atom stereocenters. The van der Waals surface area contributed by atoms with Gasteiger partial charge in [-0.15, -0.1) is 11.8 Å². The summed E-state index contributed by atoms with van der Waals surface area (Å²) in [6, 6.07) is 3.64. The van der Waals surface area contributed by atoms with Crippen LogP contribution in [0.2, 0.25) is 5.82 Å². The van der Waals surface area contributed by atoms with Crippen molar-refractivity contribution in [3.63, 3.8) is 0 Å². The van der Waals surface area contributed by atoms with Crippen molar-refractivity contribution in [2.75, 3.05) is 13.2 Å². The molecule has 4 N–H and O–H groups in total. The summed E-state index contributed by atoms with van der Waals surface area (Å²) in [5.41, 5.74) is 7.00. The molecule has 2 heterocycles. The fourth-order valence-corrected chi connectivity index (χ4v) is 4.42. The summed E-state index contributed by atoms with van der Waals surface area (Å²) in [6.07, 6.45) is 0.848. The second-order valence-corrected chi connectivity index (χ2v) is 7.32. The Kier molecular flexibility index (Phi) is 3.37. The summed E-state index contributed by atoms with van der Waals surface area (Å²) in [5.74, 6) is -0.411. The van der Waals surface area contributed by atoms with Crippen molar-refractivity contribution in [2.24, 2.45) is 5.73 Å². The zero-order chi connectivity index (χ0) is 15.4. The molecule has 1 aliphatic carbocycles. The number of benzene rings is 1. The van der Waals surface area contributed by atoms with Crippen LogP contribution in [0.5, 0.6) is 5.75 Å². The Morgan fingerprint density at radius 3 is 2.91 bits per heavy atom. The van der Waals surface area contributed by atoms with Crippen LogP contribution < -0.4 is 10.4 Å². The highest BCUT2D eigenvalue weighted by atomic mass is 32.2. The van der Waals surface area contributed by atoms with Gasteiger partial charge in [-0.25, -0.2) is 4.79 Å². The second kappa shape index (κ2) is 5.16. The molecule has 0 radical (unpaired) electrons. The third-order valence-corrected chi connectivity index (χ3v) is 5.94. The third kappa shape index (κ3) is 2.22. The minimum atomic E-state index is -1.04. The summed E-state index contributed by atoms with van der Waals surface area (Å²) < 4.78 is 10.8. The van der Waals surface area contributed by atoms with Crippen molar-refractivity contribution in [2.45, 2.75) is 34.3 Å². The van der Waals surface area contributed by atoms with Gasteiger partial charge < -0.3 is 25.3 Å². The molecule has 4 unspecified atom stereocenters. The molecular formula is C14H16BNO5S. The van der Waals surface area contributed by atoms with Crippen molar-refractivity contribution < 1.29 is 24.3 Å². The highest BCUT2D eigenvalue weighted by Gasteiger charge is 2.54. The first kappa shape index (κ1) is 14.4. The van der Waals surface area contributed by atoms with E-state index in [1.54, 1.807) is 0 Å². The lowest BCUT2D eigenvalue weighted by Gasteiger charge is -2.23. The van der Waals surface area contributed by atoms with Gasteiger partial charge in [-0.05, 0) is 24.0 Å². The van der Waals surface area contributed by atoms with Crippen LogP contribution in [0.3, 0.4) is 0 Å². The van der Waals surface area contributed by atoms with Gasteiger partial charge in [0.05, 0.1) is 18.5 Å². The molecule has 4 rings (SSSR count). The predicted octanol–water partition coefficient (Wildman–Crippen LogP) is 0.933. The minimum absolute atomic E-state index is 0.0262. The van der Waals surface area contributed by atoms with E-state index in [1.165, 1.54) is 11.8 Å². The summed E-state index contributed by atoms with van der Waals surface area (Å²) in [7, 11) is -0.909. The average Bonchev–Trinajstić information content (AvgIpc) is 3.18. The molecule has 1 aromatic carbocycles. The number of ether oxygens (including phenoxy) is 1. The Hall–Kier alpha value is -1.22. The van der Waals surface area contributed by atoms with Gasteiger partial charge in [0, 0.05) is 16.8 Å². The highest BCUT2D eigenvalue weighted by molar-refractivity contribution is 8.00. The minimum Gasteiger partial charge on any atom is -0.535 e. The van der Waals surface area contributed by atoms with Gasteiger partial charge in [0.25, 0.3) is 0 Å². The topological polar surface area (TPSA) is 102 Å². The molecular weight excluding hydrogens is 305 g/mol. The van der Waals surface area contributed by atoms with Gasteiger partial charge in [0.1, 0.15) is 11.3 Å². The lowest BCUT2D eigenvalue weighted by molar-refractivity contribution is 0.0690. The molecule has 0 amide bonds. The Morgan fingerprint density at radius 1 is 1.41 bits per heavy atom. The molecule has 0 bridgehead atoms. The maximum Gasteiger partial charge on any atom is 0.526 e.